The molecule has 0 unspecified atom stereocenters. The zero-order valence-electron chi connectivity index (χ0n) is 14.7. The summed E-state index contributed by atoms with van der Waals surface area (Å²) in [5, 5.41) is 0. The molecule has 0 fully saturated rings. The molecule has 0 saturated carbocycles. The van der Waals surface area contributed by atoms with E-state index in [9.17, 15) is 43.9 Å². The molecule has 0 atom stereocenters. The van der Waals surface area contributed by atoms with Gasteiger partial charge in [-0.2, -0.15) is 0 Å². The molecule has 3 aromatic carbocycles. The third-order valence-electron chi connectivity index (χ3n) is 4.53. The Kier molecular flexibility index (Phi) is 5.57. The van der Waals surface area contributed by atoms with E-state index in [2.05, 4.69) is 0 Å². The Labute approximate surface area is 162 Å². The van der Waals surface area contributed by atoms with E-state index in [1.807, 2.05) is 0 Å². The summed E-state index contributed by atoms with van der Waals surface area (Å²) in [4.78, 5) is 0. The highest BCUT2D eigenvalue weighted by Gasteiger charge is 2.39. The van der Waals surface area contributed by atoms with Crippen molar-refractivity contribution >= 4 is 23.1 Å². The first-order chi connectivity index (χ1) is 14.0. The first-order valence-electron chi connectivity index (χ1n) is 8.07. The van der Waals surface area contributed by atoms with Crippen molar-refractivity contribution in [3.8, 4) is 0 Å². The smallest absolute Gasteiger partial charge is 0.207 e. The summed E-state index contributed by atoms with van der Waals surface area (Å²) < 4.78 is 141. The minimum absolute atomic E-state index is 0.219. The highest BCUT2D eigenvalue weighted by Crippen LogP contribution is 2.18. The molecule has 3 rings (SSSR count). The molecule has 0 bridgehead atoms. The molecular weight excluding hydrogens is 429 g/mol. The van der Waals surface area contributed by atoms with Crippen molar-refractivity contribution in [1.82, 2.24) is 0 Å². The van der Waals surface area contributed by atoms with Gasteiger partial charge in [-0.3, -0.25) is 0 Å². The first kappa shape index (κ1) is 21.7. The van der Waals surface area contributed by atoms with E-state index in [1.54, 1.807) is 0 Å². The Bertz CT molecular complexity index is 1060. The van der Waals surface area contributed by atoms with Crippen LogP contribution in [0.3, 0.4) is 0 Å². The second kappa shape index (κ2) is 7.69. The Balaban J connectivity index is 2.56. The van der Waals surface area contributed by atoms with Gasteiger partial charge in [0.1, 0.15) is 11.6 Å². The Morgan fingerprint density at radius 3 is 1.23 bits per heavy atom. The summed E-state index contributed by atoms with van der Waals surface area (Å²) in [5.41, 5.74) is -5.03. The highest BCUT2D eigenvalue weighted by molar-refractivity contribution is 6.96. The Morgan fingerprint density at radius 2 is 0.867 bits per heavy atom. The Hall–Kier alpha value is -2.98. The second-order valence-electron chi connectivity index (χ2n) is 6.30. The van der Waals surface area contributed by atoms with Crippen LogP contribution in [0.4, 0.5) is 43.9 Å². The summed E-state index contributed by atoms with van der Waals surface area (Å²) >= 11 is 0. The topological polar surface area (TPSA) is 0 Å². The lowest BCUT2D eigenvalue weighted by atomic mass is 9.35. The molecular formula is C19H7BF10. The van der Waals surface area contributed by atoms with Gasteiger partial charge in [0.05, 0.1) is 0 Å². The summed E-state index contributed by atoms with van der Waals surface area (Å²) in [6.45, 7) is -1.79. The van der Waals surface area contributed by atoms with Crippen molar-refractivity contribution < 1.29 is 43.9 Å². The fourth-order valence-electron chi connectivity index (χ4n) is 3.11. The van der Waals surface area contributed by atoms with Gasteiger partial charge in [0.2, 0.25) is 0 Å². The molecule has 156 valence electrons. The number of hydrogen-bond acceptors (Lipinski definition) is 0. The first-order valence-corrected chi connectivity index (χ1v) is 8.07. The molecule has 11 heteroatoms. The van der Waals surface area contributed by atoms with Gasteiger partial charge >= 0.3 is 0 Å². The molecule has 0 spiro atoms. The maximum atomic E-state index is 14.5. The van der Waals surface area contributed by atoms with Gasteiger partial charge in [0.15, 0.2) is 46.5 Å². The van der Waals surface area contributed by atoms with Crippen molar-refractivity contribution in [2.45, 2.75) is 6.92 Å². The third-order valence-corrected chi connectivity index (χ3v) is 4.53. The van der Waals surface area contributed by atoms with Crippen LogP contribution < -0.4 is 16.4 Å². The molecule has 0 aliphatic rings. The second-order valence-corrected chi connectivity index (χ2v) is 6.30. The molecule has 3 aromatic rings. The normalized spacial score (nSPS) is 11.2. The van der Waals surface area contributed by atoms with Gasteiger partial charge in [-0.05, 0) is 18.6 Å². The third kappa shape index (κ3) is 3.42. The summed E-state index contributed by atoms with van der Waals surface area (Å²) in [5.74, 6) is -19.5. The van der Waals surface area contributed by atoms with Crippen molar-refractivity contribution in [3.63, 3.8) is 0 Å². The van der Waals surface area contributed by atoms with E-state index >= 15 is 0 Å². The molecule has 0 amide bonds. The minimum Gasteiger partial charge on any atom is -0.207 e. The lowest BCUT2D eigenvalue weighted by molar-refractivity contribution is 0.459. The monoisotopic (exact) mass is 436 g/mol. The number of hydrogen-bond donors (Lipinski definition) is 0. The molecule has 0 radical (unpaired) electrons. The largest absolute Gasteiger partial charge is 0.257 e. The predicted molar refractivity (Wildman–Crippen MR) is 88.3 cm³/mol. The molecule has 30 heavy (non-hydrogen) atoms. The van der Waals surface area contributed by atoms with Crippen LogP contribution in [0.1, 0.15) is 5.56 Å². The van der Waals surface area contributed by atoms with Crippen LogP contribution in [0, 0.1) is 65.1 Å². The van der Waals surface area contributed by atoms with Crippen LogP contribution in [-0.4, -0.2) is 6.71 Å². The van der Waals surface area contributed by atoms with Gasteiger partial charge in [-0.15, -0.1) is 0 Å². The standard InChI is InChI=1S/C19H7BF10/c1-6-8(2-7(21)3-9(6)22)20(14-16(27)10(23)4-11(24)17(14)28)15-18(29)12(25)5-13(26)19(15)30/h2-5H,1H3. The summed E-state index contributed by atoms with van der Waals surface area (Å²) in [7, 11) is 0. The molecule has 0 aliphatic carbocycles. The average molecular weight is 436 g/mol. The number of halogens is 10. The van der Waals surface area contributed by atoms with Crippen molar-refractivity contribution in [3.05, 3.63) is 88.0 Å². The maximum Gasteiger partial charge on any atom is 0.257 e. The van der Waals surface area contributed by atoms with Gasteiger partial charge < -0.3 is 0 Å². The van der Waals surface area contributed by atoms with Crippen LogP contribution in [-0.2, 0) is 0 Å². The van der Waals surface area contributed by atoms with E-state index in [1.165, 1.54) is 0 Å². The average Bonchev–Trinajstić information content (AvgIpc) is 2.66. The zero-order chi connectivity index (χ0) is 22.5. The predicted octanol–water partition coefficient (Wildman–Crippen LogP) is 3.90. The van der Waals surface area contributed by atoms with E-state index in [4.69, 9.17) is 0 Å². The molecule has 0 saturated heterocycles. The van der Waals surface area contributed by atoms with Gasteiger partial charge in [0.25, 0.3) is 6.71 Å². The van der Waals surface area contributed by atoms with E-state index in [0.29, 0.717) is 12.1 Å². The van der Waals surface area contributed by atoms with Crippen LogP contribution in [0.2, 0.25) is 0 Å². The Morgan fingerprint density at radius 1 is 0.500 bits per heavy atom. The molecule has 0 nitrogen and oxygen atoms in total. The van der Waals surface area contributed by atoms with Crippen molar-refractivity contribution in [2.75, 3.05) is 0 Å². The SMILES string of the molecule is Cc1c(F)cc(F)cc1B(c1c(F)c(F)cc(F)c1F)c1c(F)c(F)cc(F)c1F. The van der Waals surface area contributed by atoms with E-state index < -0.39 is 86.8 Å². The fourth-order valence-corrected chi connectivity index (χ4v) is 3.11. The van der Waals surface area contributed by atoms with Crippen LogP contribution in [0.15, 0.2) is 24.3 Å². The maximum absolute atomic E-state index is 14.5. The molecule has 0 N–H and O–H groups in total. The zero-order valence-corrected chi connectivity index (χ0v) is 14.7. The molecule has 0 aromatic heterocycles. The van der Waals surface area contributed by atoms with Crippen LogP contribution in [0.25, 0.3) is 0 Å². The lowest BCUT2D eigenvalue weighted by Gasteiger charge is -2.21. The van der Waals surface area contributed by atoms with Gasteiger partial charge in [-0.1, -0.05) is 5.46 Å². The van der Waals surface area contributed by atoms with Crippen LogP contribution in [0.5, 0.6) is 0 Å². The highest BCUT2D eigenvalue weighted by atomic mass is 19.2. The van der Waals surface area contributed by atoms with Crippen molar-refractivity contribution in [1.29, 1.82) is 0 Å². The number of benzene rings is 3. The van der Waals surface area contributed by atoms with Crippen molar-refractivity contribution in [2.24, 2.45) is 0 Å². The minimum atomic E-state index is -2.69. The molecule has 0 heterocycles. The molecule has 0 aliphatic heterocycles. The summed E-state index contributed by atoms with van der Waals surface area (Å²) in [6.07, 6.45) is 0. The van der Waals surface area contributed by atoms with Crippen LogP contribution >= 0.6 is 0 Å². The summed E-state index contributed by atoms with van der Waals surface area (Å²) in [6, 6.07) is 0.242. The quantitative estimate of drug-likeness (QED) is 0.332. The van der Waals surface area contributed by atoms with E-state index in [-0.39, 0.29) is 12.1 Å². The van der Waals surface area contributed by atoms with Gasteiger partial charge in [0, 0.05) is 29.1 Å². The number of rotatable bonds is 3. The fraction of sp³-hybridized carbons (Fsp3) is 0.0526. The lowest BCUT2D eigenvalue weighted by Crippen LogP contribution is -2.58. The van der Waals surface area contributed by atoms with E-state index in [0.717, 1.165) is 6.92 Å². The van der Waals surface area contributed by atoms with Gasteiger partial charge in [-0.25, -0.2) is 43.9 Å².